The number of nitrogens with zero attached hydrogens (tertiary/aromatic N) is 2. The van der Waals surface area contributed by atoms with Crippen LogP contribution >= 0.6 is 22.9 Å². The van der Waals surface area contributed by atoms with Gasteiger partial charge in [0.15, 0.2) is 0 Å². The number of aryl methyl sites for hydroxylation is 1. The lowest BCUT2D eigenvalue weighted by Crippen LogP contribution is -2.25. The van der Waals surface area contributed by atoms with Crippen LogP contribution in [0.2, 0.25) is 0 Å². The molecule has 7 heteroatoms. The molecule has 2 aromatic heterocycles. The fraction of sp³-hybridized carbons (Fsp3) is 0.421. The van der Waals surface area contributed by atoms with Crippen molar-refractivity contribution in [2.45, 2.75) is 13.5 Å². The van der Waals surface area contributed by atoms with Crippen molar-refractivity contribution in [1.82, 2.24) is 9.69 Å². The maximum Gasteiger partial charge on any atom is 0.127 e. The van der Waals surface area contributed by atoms with Gasteiger partial charge in [0.2, 0.25) is 0 Å². The van der Waals surface area contributed by atoms with E-state index in [0.29, 0.717) is 6.54 Å². The number of fused-ring (bicyclic) bond motifs is 2. The zero-order valence-electron chi connectivity index (χ0n) is 14.6. The van der Waals surface area contributed by atoms with Crippen LogP contribution < -0.4 is 15.5 Å². The predicted octanol–water partition coefficient (Wildman–Crippen LogP) is 4.07. The van der Waals surface area contributed by atoms with Gasteiger partial charge in [-0.1, -0.05) is 12.1 Å². The van der Waals surface area contributed by atoms with E-state index in [1.807, 2.05) is 17.4 Å². The first-order valence-electron chi connectivity index (χ1n) is 9.02. The summed E-state index contributed by atoms with van der Waals surface area (Å²) in [7, 11) is 0. The van der Waals surface area contributed by atoms with Crippen LogP contribution in [0.4, 0.5) is 14.4 Å². The van der Waals surface area contributed by atoms with Gasteiger partial charge in [0.1, 0.15) is 16.3 Å². The highest BCUT2D eigenvalue weighted by Gasteiger charge is 2.37. The number of benzene rings is 1. The molecule has 5 rings (SSSR count). The second kappa shape index (κ2) is 6.48. The average Bonchev–Trinajstić information content (AvgIpc) is 3.35. The summed E-state index contributed by atoms with van der Waals surface area (Å²) in [6, 6.07) is 6.75. The van der Waals surface area contributed by atoms with Crippen molar-refractivity contribution in [3.63, 3.8) is 0 Å². The van der Waals surface area contributed by atoms with Crippen LogP contribution in [0.5, 0.6) is 0 Å². The SMILES string of the molecule is Cc1c(N2CC3CNCC3C2)sc2c(NCc3cccc(F)c3)snc12. The smallest absolute Gasteiger partial charge is 0.127 e. The van der Waals surface area contributed by atoms with Gasteiger partial charge in [0.05, 0.1) is 9.70 Å². The molecule has 4 nitrogen and oxygen atoms in total. The molecule has 0 saturated carbocycles. The topological polar surface area (TPSA) is 40.2 Å². The number of nitrogens with one attached hydrogen (secondary N) is 2. The first-order valence-corrected chi connectivity index (χ1v) is 10.6. The zero-order valence-corrected chi connectivity index (χ0v) is 16.2. The molecule has 26 heavy (non-hydrogen) atoms. The van der Waals surface area contributed by atoms with Gasteiger partial charge in [-0.2, -0.15) is 4.37 Å². The monoisotopic (exact) mass is 388 g/mol. The molecule has 2 atom stereocenters. The predicted molar refractivity (Wildman–Crippen MR) is 108 cm³/mol. The molecule has 1 aromatic carbocycles. The van der Waals surface area contributed by atoms with E-state index in [2.05, 4.69) is 26.8 Å². The largest absolute Gasteiger partial charge is 0.370 e. The Kier molecular flexibility index (Phi) is 4.10. The zero-order chi connectivity index (χ0) is 17.7. The Bertz CT molecular complexity index is 938. The van der Waals surface area contributed by atoms with Crippen molar-refractivity contribution in [3.05, 3.63) is 41.2 Å². The lowest BCUT2D eigenvalue weighted by Gasteiger charge is -2.18. The fourth-order valence-electron chi connectivity index (χ4n) is 4.15. The molecule has 2 fully saturated rings. The van der Waals surface area contributed by atoms with Crippen molar-refractivity contribution in [2.75, 3.05) is 36.4 Å². The van der Waals surface area contributed by atoms with Crippen molar-refractivity contribution < 1.29 is 4.39 Å². The van der Waals surface area contributed by atoms with Gasteiger partial charge in [-0.15, -0.1) is 11.3 Å². The Labute approximate surface area is 160 Å². The summed E-state index contributed by atoms with van der Waals surface area (Å²) in [4.78, 5) is 2.55. The van der Waals surface area contributed by atoms with E-state index >= 15 is 0 Å². The summed E-state index contributed by atoms with van der Waals surface area (Å²) < 4.78 is 19.3. The molecule has 2 N–H and O–H groups in total. The van der Waals surface area contributed by atoms with E-state index in [9.17, 15) is 4.39 Å². The van der Waals surface area contributed by atoms with Gasteiger partial charge >= 0.3 is 0 Å². The van der Waals surface area contributed by atoms with Gasteiger partial charge in [0.25, 0.3) is 0 Å². The maximum atomic E-state index is 13.4. The summed E-state index contributed by atoms with van der Waals surface area (Å²) in [5.41, 5.74) is 3.36. The van der Waals surface area contributed by atoms with Crippen molar-refractivity contribution >= 4 is 43.1 Å². The minimum absolute atomic E-state index is 0.193. The molecular formula is C19H21FN4S2. The lowest BCUT2D eigenvalue weighted by molar-refractivity contribution is 0.533. The average molecular weight is 389 g/mol. The number of hydrogen-bond donors (Lipinski definition) is 2. The quantitative estimate of drug-likeness (QED) is 0.707. The standard InChI is InChI=1S/C19H21FN4S2/c1-11-16-17(25-19(11)24-9-13-7-21-8-14(13)10-24)18(26-23-16)22-6-12-3-2-4-15(20)5-12/h2-5,13-14,21-22H,6-10H2,1H3. The molecule has 2 aliphatic heterocycles. The molecule has 136 valence electrons. The molecular weight excluding hydrogens is 367 g/mol. The van der Waals surface area contributed by atoms with E-state index in [1.165, 1.54) is 32.9 Å². The Morgan fingerprint density at radius 3 is 2.88 bits per heavy atom. The molecule has 4 heterocycles. The first-order chi connectivity index (χ1) is 12.7. The van der Waals surface area contributed by atoms with E-state index in [-0.39, 0.29) is 5.82 Å². The first kappa shape index (κ1) is 16.5. The van der Waals surface area contributed by atoms with Crippen LogP contribution in [0.3, 0.4) is 0 Å². The highest BCUT2D eigenvalue weighted by Crippen LogP contribution is 2.45. The Hall–Kier alpha value is -1.70. The summed E-state index contributed by atoms with van der Waals surface area (Å²) in [6.07, 6.45) is 0. The lowest BCUT2D eigenvalue weighted by atomic mass is 10.0. The summed E-state index contributed by atoms with van der Waals surface area (Å²) in [5, 5.41) is 9.42. The van der Waals surface area contributed by atoms with Gasteiger partial charge in [-0.25, -0.2) is 4.39 Å². The third kappa shape index (κ3) is 2.78. The third-order valence-electron chi connectivity index (χ3n) is 5.54. The highest BCUT2D eigenvalue weighted by molar-refractivity contribution is 7.27. The van der Waals surface area contributed by atoms with Crippen LogP contribution in [0.1, 0.15) is 11.1 Å². The van der Waals surface area contributed by atoms with E-state index in [4.69, 9.17) is 0 Å². The number of rotatable bonds is 4. The van der Waals surface area contributed by atoms with E-state index in [0.717, 1.165) is 54.1 Å². The number of anilines is 2. The van der Waals surface area contributed by atoms with Crippen molar-refractivity contribution in [1.29, 1.82) is 0 Å². The van der Waals surface area contributed by atoms with Crippen LogP contribution in [0.15, 0.2) is 24.3 Å². The van der Waals surface area contributed by atoms with E-state index in [1.54, 1.807) is 12.1 Å². The number of thiophene rings is 1. The van der Waals surface area contributed by atoms with Crippen LogP contribution in [-0.2, 0) is 6.54 Å². The van der Waals surface area contributed by atoms with Crippen molar-refractivity contribution in [2.24, 2.45) is 11.8 Å². The molecule has 2 aliphatic rings. The third-order valence-corrected chi connectivity index (χ3v) is 7.84. The second-order valence-corrected chi connectivity index (χ2v) is 9.06. The number of halogens is 1. The molecule has 0 amide bonds. The normalized spacial score (nSPS) is 22.3. The Morgan fingerprint density at radius 2 is 2.12 bits per heavy atom. The number of hydrogen-bond acceptors (Lipinski definition) is 6. The highest BCUT2D eigenvalue weighted by atomic mass is 32.1. The molecule has 3 aromatic rings. The molecule has 0 spiro atoms. The Morgan fingerprint density at radius 1 is 1.31 bits per heavy atom. The molecule has 0 bridgehead atoms. The summed E-state index contributed by atoms with van der Waals surface area (Å²) in [5.74, 6) is 1.38. The van der Waals surface area contributed by atoms with Gasteiger partial charge in [-0.3, -0.25) is 0 Å². The molecule has 2 unspecified atom stereocenters. The fourth-order valence-corrected chi connectivity index (χ4v) is 6.36. The summed E-state index contributed by atoms with van der Waals surface area (Å²) >= 11 is 3.35. The molecule has 0 aliphatic carbocycles. The van der Waals surface area contributed by atoms with Crippen LogP contribution in [-0.4, -0.2) is 30.6 Å². The maximum absolute atomic E-state index is 13.4. The van der Waals surface area contributed by atoms with Crippen LogP contribution in [0.25, 0.3) is 10.2 Å². The van der Waals surface area contributed by atoms with Crippen LogP contribution in [0, 0.1) is 24.6 Å². The van der Waals surface area contributed by atoms with Crippen molar-refractivity contribution in [3.8, 4) is 0 Å². The molecule has 2 saturated heterocycles. The van der Waals surface area contributed by atoms with Gasteiger partial charge < -0.3 is 15.5 Å². The Balaban J connectivity index is 1.38. The minimum atomic E-state index is -0.193. The van der Waals surface area contributed by atoms with Gasteiger partial charge in [0, 0.05) is 38.3 Å². The second-order valence-electron chi connectivity index (χ2n) is 7.29. The van der Waals surface area contributed by atoms with E-state index < -0.39 is 0 Å². The summed E-state index contributed by atoms with van der Waals surface area (Å²) in [6.45, 7) is 7.40. The molecule has 0 radical (unpaired) electrons. The minimum Gasteiger partial charge on any atom is -0.370 e. The number of aromatic nitrogens is 1. The van der Waals surface area contributed by atoms with Gasteiger partial charge in [-0.05, 0) is 48.0 Å².